The second-order valence-corrected chi connectivity index (χ2v) is 4.22. The van der Waals surface area contributed by atoms with E-state index in [0.29, 0.717) is 0 Å². The van der Waals surface area contributed by atoms with E-state index in [9.17, 15) is 4.79 Å². The van der Waals surface area contributed by atoms with Crippen molar-refractivity contribution in [3.05, 3.63) is 0 Å². The first-order chi connectivity index (χ1) is 7.24. The van der Waals surface area contributed by atoms with Crippen molar-refractivity contribution >= 4 is 18.2 Å². The van der Waals surface area contributed by atoms with Gasteiger partial charge in [-0.15, -0.1) is 0 Å². The summed E-state index contributed by atoms with van der Waals surface area (Å²) >= 11 is 1.34. The summed E-state index contributed by atoms with van der Waals surface area (Å²) in [7, 11) is 1.37. The second kappa shape index (κ2) is 10.1. The minimum atomic E-state index is -0.391. The zero-order chi connectivity index (χ0) is 11.5. The van der Waals surface area contributed by atoms with E-state index in [-0.39, 0.29) is 0 Å². The molecule has 0 heterocycles. The lowest BCUT2D eigenvalue weighted by Crippen LogP contribution is -2.26. The number of carbonyl (C=O) groups is 1. The molecule has 4 nitrogen and oxygen atoms in total. The molecule has 0 bridgehead atoms. The molecule has 15 heavy (non-hydrogen) atoms. The van der Waals surface area contributed by atoms with Crippen LogP contribution in [0.2, 0.25) is 0 Å². The summed E-state index contributed by atoms with van der Waals surface area (Å²) < 4.78 is 9.31. The van der Waals surface area contributed by atoms with Crippen molar-refractivity contribution in [3.8, 4) is 0 Å². The Bertz CT molecular complexity index is 160. The Morgan fingerprint density at radius 2 is 1.80 bits per heavy atom. The number of nitrogens with zero attached hydrogens (tertiary/aromatic N) is 1. The molecule has 0 aromatic carbocycles. The van der Waals surface area contributed by atoms with Gasteiger partial charge in [0.2, 0.25) is 0 Å². The van der Waals surface area contributed by atoms with Gasteiger partial charge in [0.1, 0.15) is 0 Å². The lowest BCUT2D eigenvalue weighted by atomic mass is 10.3. The molecular weight excluding hydrogens is 212 g/mol. The second-order valence-electron chi connectivity index (χ2n) is 3.32. The van der Waals surface area contributed by atoms with Crippen LogP contribution in [0.5, 0.6) is 0 Å². The van der Waals surface area contributed by atoms with Crippen molar-refractivity contribution in [2.45, 2.75) is 39.5 Å². The molecule has 0 saturated carbocycles. The summed E-state index contributed by atoms with van der Waals surface area (Å²) in [6.07, 6.45) is 4.25. The van der Waals surface area contributed by atoms with E-state index >= 15 is 0 Å². The van der Waals surface area contributed by atoms with Gasteiger partial charge in [0.05, 0.1) is 7.11 Å². The Morgan fingerprint density at radius 3 is 2.20 bits per heavy atom. The van der Waals surface area contributed by atoms with E-state index in [1.165, 1.54) is 32.1 Å². The van der Waals surface area contributed by atoms with Crippen molar-refractivity contribution in [1.29, 1.82) is 0 Å². The van der Waals surface area contributed by atoms with Crippen LogP contribution >= 0.6 is 12.1 Å². The Kier molecular flexibility index (Phi) is 9.83. The lowest BCUT2D eigenvalue weighted by molar-refractivity contribution is 0.178. The predicted molar refractivity (Wildman–Crippen MR) is 64.5 cm³/mol. The molecule has 1 N–H and O–H groups in total. The highest BCUT2D eigenvalue weighted by Crippen LogP contribution is 2.09. The standard InChI is InChI=1S/C10H22N2O2S/c1-4-6-8-12(9-7-5-2)15-11-10(13)14-3/h4-9H2,1-3H3,(H,11,13). The van der Waals surface area contributed by atoms with Crippen LogP contribution in [0.3, 0.4) is 0 Å². The summed E-state index contributed by atoms with van der Waals surface area (Å²) in [4.78, 5) is 10.9. The topological polar surface area (TPSA) is 41.6 Å². The summed E-state index contributed by atoms with van der Waals surface area (Å²) in [5.41, 5.74) is 0. The predicted octanol–water partition coefficient (Wildman–Crippen LogP) is 2.81. The van der Waals surface area contributed by atoms with Gasteiger partial charge >= 0.3 is 6.09 Å². The third kappa shape index (κ3) is 8.57. The molecule has 0 aliphatic rings. The van der Waals surface area contributed by atoms with Gasteiger partial charge in [-0.3, -0.25) is 4.72 Å². The molecular formula is C10H22N2O2S. The number of unbranched alkanes of at least 4 members (excludes halogenated alkanes) is 2. The average Bonchev–Trinajstić information content (AvgIpc) is 2.27. The van der Waals surface area contributed by atoms with Gasteiger partial charge in [-0.2, -0.15) is 0 Å². The largest absolute Gasteiger partial charge is 0.452 e. The fourth-order valence-electron chi connectivity index (χ4n) is 1.02. The van der Waals surface area contributed by atoms with E-state index in [4.69, 9.17) is 0 Å². The fraction of sp³-hybridized carbons (Fsp3) is 0.900. The van der Waals surface area contributed by atoms with Crippen LogP contribution in [0.25, 0.3) is 0 Å². The van der Waals surface area contributed by atoms with Gasteiger partial charge in [0, 0.05) is 25.2 Å². The number of hydrogen-bond donors (Lipinski definition) is 1. The van der Waals surface area contributed by atoms with E-state index in [2.05, 4.69) is 27.6 Å². The molecule has 0 unspecified atom stereocenters. The zero-order valence-corrected chi connectivity index (χ0v) is 10.7. The summed E-state index contributed by atoms with van der Waals surface area (Å²) in [5, 5.41) is 0. The van der Waals surface area contributed by atoms with Crippen molar-refractivity contribution in [2.75, 3.05) is 20.2 Å². The smallest absolute Gasteiger partial charge is 0.417 e. The summed E-state index contributed by atoms with van der Waals surface area (Å²) in [5.74, 6) is 0. The van der Waals surface area contributed by atoms with Crippen molar-refractivity contribution in [2.24, 2.45) is 0 Å². The molecule has 0 rings (SSSR count). The number of nitrogens with one attached hydrogen (secondary N) is 1. The Morgan fingerprint density at radius 1 is 1.27 bits per heavy atom. The van der Waals surface area contributed by atoms with E-state index < -0.39 is 6.09 Å². The third-order valence-corrected chi connectivity index (χ3v) is 2.85. The first-order valence-electron chi connectivity index (χ1n) is 5.50. The molecule has 0 spiro atoms. The molecule has 90 valence electrons. The highest BCUT2D eigenvalue weighted by atomic mass is 32.2. The van der Waals surface area contributed by atoms with Crippen molar-refractivity contribution in [1.82, 2.24) is 9.03 Å². The first-order valence-corrected chi connectivity index (χ1v) is 6.27. The Labute approximate surface area is 97.0 Å². The van der Waals surface area contributed by atoms with Gasteiger partial charge in [-0.25, -0.2) is 9.10 Å². The minimum absolute atomic E-state index is 0.391. The van der Waals surface area contributed by atoms with E-state index in [1.807, 2.05) is 0 Å². The molecule has 0 aromatic heterocycles. The van der Waals surface area contributed by atoms with Crippen LogP contribution in [-0.4, -0.2) is 30.6 Å². The molecule has 0 atom stereocenters. The normalized spacial score (nSPS) is 10.4. The lowest BCUT2D eigenvalue weighted by Gasteiger charge is -2.19. The number of ether oxygens (including phenoxy) is 1. The van der Waals surface area contributed by atoms with Crippen LogP contribution < -0.4 is 4.72 Å². The van der Waals surface area contributed by atoms with Gasteiger partial charge in [0.25, 0.3) is 0 Å². The van der Waals surface area contributed by atoms with Crippen LogP contribution in [0.1, 0.15) is 39.5 Å². The molecule has 0 radical (unpaired) electrons. The molecule has 0 aliphatic heterocycles. The fourth-order valence-corrected chi connectivity index (χ4v) is 1.74. The maximum atomic E-state index is 10.9. The zero-order valence-electron chi connectivity index (χ0n) is 9.91. The maximum absolute atomic E-state index is 10.9. The quantitative estimate of drug-likeness (QED) is 0.656. The molecule has 0 aliphatic carbocycles. The number of carbonyl (C=O) groups excluding carboxylic acids is 1. The minimum Gasteiger partial charge on any atom is -0.452 e. The van der Waals surface area contributed by atoms with Crippen LogP contribution in [0.4, 0.5) is 4.79 Å². The van der Waals surface area contributed by atoms with Gasteiger partial charge < -0.3 is 4.74 Å². The van der Waals surface area contributed by atoms with Gasteiger partial charge in [-0.05, 0) is 12.8 Å². The summed E-state index contributed by atoms with van der Waals surface area (Å²) in [6.45, 7) is 6.34. The molecule has 1 amide bonds. The van der Waals surface area contributed by atoms with Crippen molar-refractivity contribution < 1.29 is 9.53 Å². The SMILES string of the molecule is CCCCN(CCCC)SNC(=O)OC. The average molecular weight is 234 g/mol. The highest BCUT2D eigenvalue weighted by molar-refractivity contribution is 7.95. The number of methoxy groups -OCH3 is 1. The maximum Gasteiger partial charge on any atom is 0.417 e. The van der Waals surface area contributed by atoms with Crippen molar-refractivity contribution in [3.63, 3.8) is 0 Å². The van der Waals surface area contributed by atoms with Gasteiger partial charge in [-0.1, -0.05) is 26.7 Å². The number of rotatable bonds is 8. The van der Waals surface area contributed by atoms with Crippen LogP contribution in [-0.2, 0) is 4.74 Å². The van der Waals surface area contributed by atoms with Gasteiger partial charge in [0.15, 0.2) is 0 Å². The molecule has 5 heteroatoms. The van der Waals surface area contributed by atoms with E-state index in [1.54, 1.807) is 0 Å². The third-order valence-electron chi connectivity index (χ3n) is 1.97. The molecule has 0 aromatic rings. The number of hydrogen-bond acceptors (Lipinski definition) is 4. The molecule has 0 saturated heterocycles. The van der Waals surface area contributed by atoms with Crippen LogP contribution in [0.15, 0.2) is 0 Å². The number of amides is 1. The van der Waals surface area contributed by atoms with E-state index in [0.717, 1.165) is 25.9 Å². The Hall–Kier alpha value is -0.420. The summed E-state index contributed by atoms with van der Waals surface area (Å²) in [6, 6.07) is 0. The Balaban J connectivity index is 3.72. The first kappa shape index (κ1) is 14.6. The molecule has 0 fully saturated rings. The monoisotopic (exact) mass is 234 g/mol. The highest BCUT2D eigenvalue weighted by Gasteiger charge is 2.07. The van der Waals surface area contributed by atoms with Crippen LogP contribution in [0, 0.1) is 0 Å².